The van der Waals surface area contributed by atoms with Gasteiger partial charge in [-0.3, -0.25) is 0 Å². The SMILES string of the molecule is CC1=CCC2=C(C1=[Se])C2(C)C. The number of hydrogen-bond acceptors (Lipinski definition) is 0. The molecule has 0 bridgehead atoms. The summed E-state index contributed by atoms with van der Waals surface area (Å²) in [5, 5.41) is 0. The molecule has 0 heterocycles. The summed E-state index contributed by atoms with van der Waals surface area (Å²) in [6.45, 7) is 6.80. The van der Waals surface area contributed by atoms with Gasteiger partial charge in [0.05, 0.1) is 0 Å². The molecule has 11 heavy (non-hydrogen) atoms. The fourth-order valence-corrected chi connectivity index (χ4v) is 2.84. The molecule has 1 heteroatoms. The maximum absolute atomic E-state index is 3.17. The second-order valence-corrected chi connectivity index (χ2v) is 4.76. The topological polar surface area (TPSA) is 0 Å². The zero-order valence-corrected chi connectivity index (χ0v) is 8.91. The summed E-state index contributed by atoms with van der Waals surface area (Å²) in [5.74, 6) is 0. The van der Waals surface area contributed by atoms with Crippen LogP contribution in [-0.2, 0) is 0 Å². The van der Waals surface area contributed by atoms with Gasteiger partial charge in [0.2, 0.25) is 0 Å². The van der Waals surface area contributed by atoms with Gasteiger partial charge in [0.25, 0.3) is 0 Å². The van der Waals surface area contributed by atoms with Crippen molar-refractivity contribution in [3.8, 4) is 0 Å². The van der Waals surface area contributed by atoms with Crippen LogP contribution in [0.3, 0.4) is 0 Å². The van der Waals surface area contributed by atoms with Crippen LogP contribution in [0, 0.1) is 5.41 Å². The predicted molar refractivity (Wildman–Crippen MR) is 49.9 cm³/mol. The molecule has 0 spiro atoms. The van der Waals surface area contributed by atoms with Gasteiger partial charge in [0.1, 0.15) is 0 Å². The van der Waals surface area contributed by atoms with E-state index in [4.69, 9.17) is 0 Å². The van der Waals surface area contributed by atoms with Crippen LogP contribution >= 0.6 is 0 Å². The first kappa shape index (κ1) is 7.52. The van der Waals surface area contributed by atoms with Gasteiger partial charge in [-0.1, -0.05) is 0 Å². The minimum atomic E-state index is 0.412. The van der Waals surface area contributed by atoms with Gasteiger partial charge in [-0.15, -0.1) is 0 Å². The van der Waals surface area contributed by atoms with Crippen molar-refractivity contribution < 1.29 is 0 Å². The van der Waals surface area contributed by atoms with Gasteiger partial charge >= 0.3 is 75.4 Å². The standard InChI is InChI=1S/C10H12Se/c1-6-4-5-7-8(9(6)11)10(7,2)3/h4H,5H2,1-3H3. The molecule has 2 rings (SSSR count). The molecule has 0 unspecified atom stereocenters. The van der Waals surface area contributed by atoms with E-state index in [1.54, 1.807) is 11.1 Å². The third-order valence-electron chi connectivity index (χ3n) is 2.82. The third kappa shape index (κ3) is 0.847. The van der Waals surface area contributed by atoms with Crippen molar-refractivity contribution in [2.45, 2.75) is 27.2 Å². The Kier molecular flexibility index (Phi) is 1.34. The molecule has 2 aliphatic rings. The summed E-state index contributed by atoms with van der Waals surface area (Å²) in [4.78, 5) is 0. The Labute approximate surface area is 75.7 Å². The van der Waals surface area contributed by atoms with E-state index in [2.05, 4.69) is 42.4 Å². The zero-order valence-electron chi connectivity index (χ0n) is 7.19. The summed E-state index contributed by atoms with van der Waals surface area (Å²) in [7, 11) is 0. The van der Waals surface area contributed by atoms with Gasteiger partial charge in [-0.25, -0.2) is 0 Å². The number of hydrogen-bond donors (Lipinski definition) is 0. The fourth-order valence-electron chi connectivity index (χ4n) is 1.87. The van der Waals surface area contributed by atoms with E-state index in [9.17, 15) is 0 Å². The first-order valence-electron chi connectivity index (χ1n) is 4.00. The van der Waals surface area contributed by atoms with Crippen molar-refractivity contribution in [1.29, 1.82) is 0 Å². The summed E-state index contributed by atoms with van der Waals surface area (Å²) < 4.78 is 1.40. The average Bonchev–Trinajstić information content (AvgIpc) is 2.46. The molecule has 58 valence electrons. The molecular formula is C10H12Se. The molecule has 0 amide bonds. The molecule has 0 aromatic heterocycles. The van der Waals surface area contributed by atoms with Crippen molar-refractivity contribution in [2.75, 3.05) is 0 Å². The number of rotatable bonds is 0. The Morgan fingerprint density at radius 2 is 2.09 bits per heavy atom. The molecule has 2 aliphatic carbocycles. The molecule has 0 saturated carbocycles. The normalized spacial score (nSPS) is 26.5. The van der Waals surface area contributed by atoms with E-state index in [0.29, 0.717) is 5.41 Å². The second kappa shape index (κ2) is 1.97. The van der Waals surface area contributed by atoms with Crippen molar-refractivity contribution in [1.82, 2.24) is 0 Å². The monoisotopic (exact) mass is 212 g/mol. The second-order valence-electron chi connectivity index (χ2n) is 3.90. The van der Waals surface area contributed by atoms with Gasteiger partial charge in [-0.2, -0.15) is 0 Å². The van der Waals surface area contributed by atoms with Gasteiger partial charge in [0, 0.05) is 0 Å². The summed E-state index contributed by atoms with van der Waals surface area (Å²) in [6.07, 6.45) is 3.50. The molecule has 0 aromatic carbocycles. The molecule has 0 saturated heterocycles. The fraction of sp³-hybridized carbons (Fsp3) is 0.500. The predicted octanol–water partition coefficient (Wildman–Crippen LogP) is 2.01. The van der Waals surface area contributed by atoms with Gasteiger partial charge in [0.15, 0.2) is 0 Å². The van der Waals surface area contributed by atoms with E-state index in [1.165, 1.54) is 16.4 Å². The van der Waals surface area contributed by atoms with Crippen LogP contribution in [0.2, 0.25) is 0 Å². The van der Waals surface area contributed by atoms with Crippen LogP contribution in [-0.4, -0.2) is 20.0 Å². The van der Waals surface area contributed by atoms with Crippen molar-refractivity contribution in [3.63, 3.8) is 0 Å². The van der Waals surface area contributed by atoms with E-state index in [1.807, 2.05) is 0 Å². The van der Waals surface area contributed by atoms with Crippen molar-refractivity contribution in [2.24, 2.45) is 5.41 Å². The molecule has 0 radical (unpaired) electrons. The van der Waals surface area contributed by atoms with Crippen LogP contribution in [0.1, 0.15) is 27.2 Å². The Hall–Kier alpha value is -0.131. The average molecular weight is 211 g/mol. The Bertz CT molecular complexity index is 303. The maximum atomic E-state index is 3.17. The van der Waals surface area contributed by atoms with E-state index >= 15 is 0 Å². The molecule has 0 aliphatic heterocycles. The van der Waals surface area contributed by atoms with Crippen molar-refractivity contribution in [3.05, 3.63) is 22.8 Å². The molecule has 0 N–H and O–H groups in total. The molecular weight excluding hydrogens is 199 g/mol. The molecule has 0 fully saturated rings. The Morgan fingerprint density at radius 1 is 1.45 bits per heavy atom. The quantitative estimate of drug-likeness (QED) is 0.538. The Morgan fingerprint density at radius 3 is 2.64 bits per heavy atom. The van der Waals surface area contributed by atoms with Crippen LogP contribution in [0.5, 0.6) is 0 Å². The Balaban J connectivity index is 2.35. The molecule has 0 aromatic rings. The van der Waals surface area contributed by atoms with Crippen LogP contribution < -0.4 is 0 Å². The summed E-state index contributed by atoms with van der Waals surface area (Å²) in [5.41, 5.74) is 5.05. The van der Waals surface area contributed by atoms with E-state index < -0.39 is 0 Å². The van der Waals surface area contributed by atoms with Crippen molar-refractivity contribution >= 4 is 20.0 Å². The van der Waals surface area contributed by atoms with Crippen LogP contribution in [0.15, 0.2) is 22.8 Å². The van der Waals surface area contributed by atoms with Crippen LogP contribution in [0.25, 0.3) is 0 Å². The third-order valence-corrected chi connectivity index (χ3v) is 3.92. The van der Waals surface area contributed by atoms with Gasteiger partial charge in [-0.05, 0) is 0 Å². The zero-order chi connectivity index (χ0) is 8.22. The summed E-state index contributed by atoms with van der Waals surface area (Å²) >= 11 is 3.17. The molecule has 0 atom stereocenters. The summed E-state index contributed by atoms with van der Waals surface area (Å²) in [6, 6.07) is 0. The van der Waals surface area contributed by atoms with E-state index in [0.717, 1.165) is 0 Å². The van der Waals surface area contributed by atoms with E-state index in [-0.39, 0.29) is 0 Å². The first-order chi connectivity index (χ1) is 5.05. The number of allylic oxidation sites excluding steroid dienone is 4. The minimum absolute atomic E-state index is 0.412. The van der Waals surface area contributed by atoms with Gasteiger partial charge < -0.3 is 0 Å². The first-order valence-corrected chi connectivity index (χ1v) is 4.86. The van der Waals surface area contributed by atoms with Crippen LogP contribution in [0.4, 0.5) is 0 Å². The molecule has 0 nitrogen and oxygen atoms in total.